The minimum Gasteiger partial charge on any atom is -0.399 e. The molecule has 0 aromatic heterocycles. The molecule has 6 rings (SSSR count). The van der Waals surface area contributed by atoms with E-state index in [2.05, 4.69) is 5.32 Å². The highest BCUT2D eigenvalue weighted by Crippen LogP contribution is 2.60. The Balaban J connectivity index is 1.29. The lowest BCUT2D eigenvalue weighted by atomic mass is 9.49. The highest BCUT2D eigenvalue weighted by Gasteiger charge is 2.54. The molecule has 1 saturated heterocycles. The molecule has 0 spiro atoms. The van der Waals surface area contributed by atoms with E-state index in [-0.39, 0.29) is 22.3 Å². The van der Waals surface area contributed by atoms with Gasteiger partial charge in [-0.1, -0.05) is 12.5 Å². The highest BCUT2D eigenvalue weighted by molar-refractivity contribution is 7.89. The van der Waals surface area contributed by atoms with Crippen molar-refractivity contribution in [2.75, 3.05) is 18.8 Å². The highest BCUT2D eigenvalue weighted by atomic mass is 32.2. The van der Waals surface area contributed by atoms with Crippen LogP contribution in [0.1, 0.15) is 57.8 Å². The average molecular weight is 432 g/mol. The maximum Gasteiger partial charge on any atom is 0.243 e. The Morgan fingerprint density at radius 2 is 1.77 bits per heavy atom. The molecule has 1 aliphatic heterocycles. The summed E-state index contributed by atoms with van der Waals surface area (Å²) in [5, 5.41) is 3.20. The number of benzene rings is 1. The molecule has 4 aliphatic carbocycles. The van der Waals surface area contributed by atoms with Crippen LogP contribution in [0, 0.1) is 23.2 Å². The number of nitrogen functional groups attached to an aromatic ring is 1. The molecule has 30 heavy (non-hydrogen) atoms. The van der Waals surface area contributed by atoms with Gasteiger partial charge in [-0.25, -0.2) is 8.42 Å². The fourth-order valence-electron chi connectivity index (χ4n) is 7.09. The number of hydrogen-bond donors (Lipinski definition) is 2. The molecule has 7 heteroatoms. The third kappa shape index (κ3) is 3.54. The van der Waals surface area contributed by atoms with Gasteiger partial charge in [-0.3, -0.25) is 4.79 Å². The number of sulfonamides is 1. The van der Waals surface area contributed by atoms with Crippen LogP contribution >= 0.6 is 0 Å². The molecule has 4 bridgehead atoms. The van der Waals surface area contributed by atoms with E-state index >= 15 is 0 Å². The van der Waals surface area contributed by atoms with E-state index in [1.54, 1.807) is 22.5 Å². The van der Waals surface area contributed by atoms with Gasteiger partial charge in [-0.15, -0.1) is 0 Å². The van der Waals surface area contributed by atoms with Crippen LogP contribution in [0.4, 0.5) is 5.69 Å². The van der Waals surface area contributed by atoms with Gasteiger partial charge in [0.05, 0.1) is 4.90 Å². The van der Waals surface area contributed by atoms with E-state index in [1.807, 2.05) is 0 Å². The molecule has 0 radical (unpaired) electrons. The number of rotatable bonds is 5. The predicted octanol–water partition coefficient (Wildman–Crippen LogP) is 3.14. The summed E-state index contributed by atoms with van der Waals surface area (Å²) >= 11 is 0. The van der Waals surface area contributed by atoms with Crippen LogP contribution in [0.25, 0.3) is 0 Å². The maximum absolute atomic E-state index is 13.3. The van der Waals surface area contributed by atoms with Gasteiger partial charge in [0.1, 0.15) is 0 Å². The number of nitrogens with zero attached hydrogens (tertiary/aromatic N) is 1. The molecule has 164 valence electrons. The summed E-state index contributed by atoms with van der Waals surface area (Å²) in [7, 11) is -3.62. The molecule has 1 atom stereocenters. The van der Waals surface area contributed by atoms with Crippen LogP contribution in [0.2, 0.25) is 0 Å². The molecule has 1 aromatic rings. The molecule has 5 aliphatic rings. The zero-order valence-electron chi connectivity index (χ0n) is 17.6. The van der Waals surface area contributed by atoms with Crippen molar-refractivity contribution in [3.05, 3.63) is 24.3 Å². The van der Waals surface area contributed by atoms with Gasteiger partial charge in [0, 0.05) is 30.2 Å². The summed E-state index contributed by atoms with van der Waals surface area (Å²) in [6, 6.07) is 6.30. The number of anilines is 1. The maximum atomic E-state index is 13.3. The first-order valence-electron chi connectivity index (χ1n) is 11.5. The molecule has 1 aromatic carbocycles. The predicted molar refractivity (Wildman–Crippen MR) is 116 cm³/mol. The van der Waals surface area contributed by atoms with Gasteiger partial charge in [0.25, 0.3) is 0 Å². The number of nitrogens with two attached hydrogens (primary N) is 1. The first-order chi connectivity index (χ1) is 14.4. The fourth-order valence-corrected chi connectivity index (χ4v) is 8.84. The lowest BCUT2D eigenvalue weighted by Gasteiger charge is -2.55. The van der Waals surface area contributed by atoms with Crippen LogP contribution in [-0.4, -0.2) is 37.8 Å². The van der Waals surface area contributed by atoms with Gasteiger partial charge in [0.15, 0.2) is 0 Å². The first-order valence-corrected chi connectivity index (χ1v) is 13.0. The fraction of sp³-hybridized carbons (Fsp3) is 0.696. The van der Waals surface area contributed by atoms with Crippen LogP contribution in [0.15, 0.2) is 29.2 Å². The van der Waals surface area contributed by atoms with Gasteiger partial charge < -0.3 is 11.1 Å². The molecule has 1 amide bonds. The Bertz CT molecular complexity index is 894. The summed E-state index contributed by atoms with van der Waals surface area (Å²) in [6.45, 7) is 0.900. The number of carbonyl (C=O) groups excluding carboxylic acids is 1. The molecule has 1 heterocycles. The summed E-state index contributed by atoms with van der Waals surface area (Å²) in [5.41, 5.74) is 6.07. The van der Waals surface area contributed by atoms with Crippen molar-refractivity contribution < 1.29 is 13.2 Å². The average Bonchev–Trinajstić information content (AvgIpc) is 2.71. The third-order valence-electron chi connectivity index (χ3n) is 8.06. The molecule has 3 N–H and O–H groups in total. The van der Waals surface area contributed by atoms with Gasteiger partial charge in [-0.05, 0) is 87.3 Å². The minimum absolute atomic E-state index is 0.175. The molecular formula is C23H33N3O3S. The van der Waals surface area contributed by atoms with Crippen molar-refractivity contribution in [2.24, 2.45) is 23.2 Å². The van der Waals surface area contributed by atoms with Crippen LogP contribution in [0.5, 0.6) is 0 Å². The van der Waals surface area contributed by atoms with Crippen molar-refractivity contribution in [2.45, 2.75) is 68.7 Å². The van der Waals surface area contributed by atoms with Crippen LogP contribution in [-0.2, 0) is 14.8 Å². The second-order valence-corrected chi connectivity index (χ2v) is 12.1. The van der Waals surface area contributed by atoms with Crippen LogP contribution in [0.3, 0.4) is 0 Å². The van der Waals surface area contributed by atoms with Gasteiger partial charge in [-0.2, -0.15) is 4.31 Å². The quantitative estimate of drug-likeness (QED) is 0.701. The van der Waals surface area contributed by atoms with E-state index in [0.29, 0.717) is 18.8 Å². The summed E-state index contributed by atoms with van der Waals surface area (Å²) in [4.78, 5) is 13.6. The summed E-state index contributed by atoms with van der Waals surface area (Å²) < 4.78 is 28.1. The third-order valence-corrected chi connectivity index (χ3v) is 10.0. The Morgan fingerprint density at radius 1 is 1.10 bits per heavy atom. The lowest BCUT2D eigenvalue weighted by Crippen LogP contribution is -2.56. The molecule has 5 fully saturated rings. The topological polar surface area (TPSA) is 92.5 Å². The molecule has 1 unspecified atom stereocenters. The number of piperidine rings is 1. The summed E-state index contributed by atoms with van der Waals surface area (Å²) in [5.74, 6) is 2.33. The Hall–Kier alpha value is -1.60. The van der Waals surface area contributed by atoms with Crippen molar-refractivity contribution in [1.82, 2.24) is 9.62 Å². The molecule has 4 saturated carbocycles. The molecular weight excluding hydrogens is 398 g/mol. The smallest absolute Gasteiger partial charge is 0.243 e. The second kappa shape index (κ2) is 7.52. The number of nitrogens with one attached hydrogen (secondary N) is 1. The van der Waals surface area contributed by atoms with E-state index in [9.17, 15) is 13.2 Å². The number of hydrogen-bond acceptors (Lipinski definition) is 4. The SMILES string of the molecule is Nc1cccc(S(=O)(=O)N2CCCCC2CNC(=O)C23CC4CC(CC(C4)C2)C3)c1. The van der Waals surface area contributed by atoms with Crippen LogP contribution < -0.4 is 11.1 Å². The zero-order valence-corrected chi connectivity index (χ0v) is 18.4. The minimum atomic E-state index is -3.62. The summed E-state index contributed by atoms with van der Waals surface area (Å²) in [6.07, 6.45) is 9.62. The van der Waals surface area contributed by atoms with E-state index in [1.165, 1.54) is 25.3 Å². The largest absolute Gasteiger partial charge is 0.399 e. The van der Waals surface area contributed by atoms with E-state index in [4.69, 9.17) is 5.73 Å². The Kier molecular flexibility index (Phi) is 5.09. The zero-order chi connectivity index (χ0) is 20.9. The first kappa shape index (κ1) is 20.3. The monoisotopic (exact) mass is 431 g/mol. The van der Waals surface area contributed by atoms with E-state index in [0.717, 1.165) is 56.3 Å². The Labute approximate surface area is 179 Å². The lowest BCUT2D eigenvalue weighted by molar-refractivity contribution is -0.146. The van der Waals surface area contributed by atoms with Crippen molar-refractivity contribution >= 4 is 21.6 Å². The second-order valence-electron chi connectivity index (χ2n) is 10.2. The number of amides is 1. The van der Waals surface area contributed by atoms with Gasteiger partial charge in [0.2, 0.25) is 15.9 Å². The van der Waals surface area contributed by atoms with Gasteiger partial charge >= 0.3 is 0 Å². The molecule has 6 nitrogen and oxygen atoms in total. The van der Waals surface area contributed by atoms with Crippen molar-refractivity contribution in [3.8, 4) is 0 Å². The van der Waals surface area contributed by atoms with Crippen molar-refractivity contribution in [1.29, 1.82) is 0 Å². The normalized spacial score (nSPS) is 36.0. The number of carbonyl (C=O) groups is 1. The Morgan fingerprint density at radius 3 is 2.40 bits per heavy atom. The van der Waals surface area contributed by atoms with Crippen molar-refractivity contribution in [3.63, 3.8) is 0 Å². The standard InChI is InChI=1S/C23H33N3O3S/c24-19-4-3-6-21(11-19)30(28,29)26-7-2-1-5-20(26)15-25-22(27)23-12-16-8-17(13-23)10-18(9-16)14-23/h3-4,6,11,16-18,20H,1-2,5,7-10,12-15,24H2,(H,25,27). The van der Waals surface area contributed by atoms with E-state index < -0.39 is 10.0 Å².